The molecule has 2 heteroatoms. The van der Waals surface area contributed by atoms with Crippen LogP contribution in [0.5, 0.6) is 0 Å². The average molecular weight is 125 g/mol. The van der Waals surface area contributed by atoms with E-state index >= 15 is 0 Å². The van der Waals surface area contributed by atoms with E-state index < -0.39 is 0 Å². The Morgan fingerprint density at radius 3 is 2.12 bits per heavy atom. The minimum absolute atomic E-state index is 0.171. The monoisotopic (exact) mass is 125 g/mol. The maximum absolute atomic E-state index is 10.4. The summed E-state index contributed by atoms with van der Waals surface area (Å²) in [5.74, 6) is 0.660. The smallest absolute Gasteiger partial charge is 0.193 e. The van der Waals surface area contributed by atoms with E-state index in [1.807, 2.05) is 12.8 Å². The van der Waals surface area contributed by atoms with E-state index in [-0.39, 0.29) is 5.12 Å². The fourth-order valence-corrected chi connectivity index (χ4v) is 0.666. The van der Waals surface area contributed by atoms with Crippen LogP contribution >= 0.6 is 12.6 Å². The second kappa shape index (κ2) is 2.53. The quantitative estimate of drug-likeness (QED) is 0.514. The molecule has 1 fully saturated rings. The predicted octanol–water partition coefficient (Wildman–Crippen LogP) is 0.848. The number of carbonyl (C=O) groups excluding carboxylic acids is 1. The highest BCUT2D eigenvalue weighted by molar-refractivity contribution is 7.97. The predicted molar refractivity (Wildman–Crippen MR) is 34.4 cm³/mol. The molecule has 41 valence electrons. The van der Waals surface area contributed by atoms with Gasteiger partial charge in [0.2, 0.25) is 0 Å². The molecule has 8 heavy (non-hydrogen) atoms. The van der Waals surface area contributed by atoms with E-state index in [0.29, 0.717) is 5.92 Å². The molecule has 1 nitrogen and oxygen atoms in total. The summed E-state index contributed by atoms with van der Waals surface area (Å²) in [5, 5.41) is -0.171. The Morgan fingerprint density at radius 1 is 1.38 bits per heavy atom. The van der Waals surface area contributed by atoms with Crippen LogP contribution in [0.25, 0.3) is 0 Å². The molecule has 1 saturated carbocycles. The highest BCUT2D eigenvalue weighted by Gasteiger charge is 2.21. The van der Waals surface area contributed by atoms with Crippen molar-refractivity contribution in [1.29, 1.82) is 0 Å². The van der Waals surface area contributed by atoms with Gasteiger partial charge in [-0.1, -0.05) is 0 Å². The lowest BCUT2D eigenvalue weighted by atomic mass is 10.1. The molecule has 0 aliphatic heterocycles. The summed E-state index contributed by atoms with van der Waals surface area (Å²) in [6.45, 7) is 0. The Hall–Kier alpha value is 0.0200. The molecule has 0 bridgehead atoms. The summed E-state index contributed by atoms with van der Waals surface area (Å²) in [5.41, 5.74) is 0. The van der Waals surface area contributed by atoms with Crippen molar-refractivity contribution in [3.05, 3.63) is 31.6 Å². The fourth-order valence-electron chi connectivity index (χ4n) is 0.517. The highest BCUT2D eigenvalue weighted by Crippen LogP contribution is 2.24. The van der Waals surface area contributed by atoms with Crippen LogP contribution in [0.4, 0.5) is 0 Å². The summed E-state index contributed by atoms with van der Waals surface area (Å²) in [7, 11) is 0. The van der Waals surface area contributed by atoms with Crippen LogP contribution in [0.2, 0.25) is 0 Å². The molecule has 1 aliphatic rings. The Labute approximate surface area is 54.9 Å². The second-order valence-corrected chi connectivity index (χ2v) is 1.88. The van der Waals surface area contributed by atoms with Crippen molar-refractivity contribution in [3.63, 3.8) is 0 Å². The third-order valence-electron chi connectivity index (χ3n) is 0.910. The zero-order valence-electron chi connectivity index (χ0n) is 4.16. The lowest BCUT2D eigenvalue weighted by Crippen LogP contribution is -1.99. The summed E-state index contributed by atoms with van der Waals surface area (Å²) >= 11 is 3.61. The minimum Gasteiger partial charge on any atom is -0.287 e. The largest absolute Gasteiger partial charge is 0.287 e. The number of rotatable bonds is 1. The maximum atomic E-state index is 10.4. The summed E-state index contributed by atoms with van der Waals surface area (Å²) in [4.78, 5) is 10.4. The molecule has 0 heterocycles. The standard InChI is InChI=1S/C6H5OS/c7-6(8)5-3-1-2-4-5/h1-4H,(H,7,8). The van der Waals surface area contributed by atoms with E-state index in [1.165, 1.54) is 0 Å². The van der Waals surface area contributed by atoms with E-state index in [2.05, 4.69) is 12.6 Å². The van der Waals surface area contributed by atoms with Gasteiger partial charge in [-0.3, -0.25) is 4.79 Å². The fraction of sp³-hybridized carbons (Fsp3) is 0. The molecule has 0 aromatic rings. The topological polar surface area (TPSA) is 17.1 Å². The lowest BCUT2D eigenvalue weighted by Gasteiger charge is -1.96. The first kappa shape index (κ1) is 6.14. The third-order valence-corrected chi connectivity index (χ3v) is 1.17. The molecule has 0 amide bonds. The van der Waals surface area contributed by atoms with Crippen LogP contribution in [0.15, 0.2) is 0 Å². The normalized spacial score (nSPS) is 21.6. The van der Waals surface area contributed by atoms with Crippen molar-refractivity contribution < 1.29 is 4.79 Å². The molecule has 1 rings (SSSR count). The molecular formula is C6H5OS. The number of thiol groups is 1. The van der Waals surface area contributed by atoms with Crippen LogP contribution < -0.4 is 0 Å². The molecule has 0 aromatic heterocycles. The number of hydrogen-bond acceptors (Lipinski definition) is 1. The second-order valence-electron chi connectivity index (χ2n) is 1.48. The molecule has 0 unspecified atom stereocenters. The van der Waals surface area contributed by atoms with Crippen molar-refractivity contribution in [3.8, 4) is 0 Å². The molecule has 0 aromatic carbocycles. The maximum Gasteiger partial charge on any atom is 0.193 e. The Bertz CT molecular complexity index is 94.7. The van der Waals surface area contributed by atoms with E-state index in [1.54, 1.807) is 12.8 Å². The van der Waals surface area contributed by atoms with Crippen molar-refractivity contribution in [1.82, 2.24) is 0 Å². The van der Waals surface area contributed by atoms with Crippen LogP contribution in [0, 0.1) is 31.6 Å². The molecule has 5 radical (unpaired) electrons. The highest BCUT2D eigenvalue weighted by atomic mass is 32.1. The zero-order valence-corrected chi connectivity index (χ0v) is 5.06. The lowest BCUT2D eigenvalue weighted by molar-refractivity contribution is -0.108. The van der Waals surface area contributed by atoms with Gasteiger partial charge < -0.3 is 0 Å². The number of hydrogen-bond donors (Lipinski definition) is 1. The van der Waals surface area contributed by atoms with Gasteiger partial charge in [0, 0.05) is 0 Å². The average Bonchev–Trinajstić information content (AvgIpc) is 2.12. The van der Waals surface area contributed by atoms with Crippen LogP contribution in [0.1, 0.15) is 0 Å². The van der Waals surface area contributed by atoms with E-state index in [0.717, 1.165) is 0 Å². The Morgan fingerprint density at radius 2 is 1.88 bits per heavy atom. The number of carbonyl (C=O) groups is 1. The summed E-state index contributed by atoms with van der Waals surface area (Å²) < 4.78 is 0. The third kappa shape index (κ3) is 1.25. The van der Waals surface area contributed by atoms with Gasteiger partial charge >= 0.3 is 0 Å². The van der Waals surface area contributed by atoms with Gasteiger partial charge in [0.1, 0.15) is 0 Å². The van der Waals surface area contributed by atoms with E-state index in [9.17, 15) is 4.79 Å². The van der Waals surface area contributed by atoms with Crippen LogP contribution in [-0.4, -0.2) is 5.12 Å². The van der Waals surface area contributed by atoms with Crippen LogP contribution in [0.3, 0.4) is 0 Å². The molecule has 1 aliphatic carbocycles. The van der Waals surface area contributed by atoms with Crippen LogP contribution in [-0.2, 0) is 4.79 Å². The minimum atomic E-state index is -0.171. The summed E-state index contributed by atoms with van der Waals surface area (Å²) in [6.07, 6.45) is 7.08. The van der Waals surface area contributed by atoms with Gasteiger partial charge in [-0.2, -0.15) is 0 Å². The van der Waals surface area contributed by atoms with Gasteiger partial charge in [-0.15, -0.1) is 12.6 Å². The molecule has 0 saturated heterocycles. The Kier molecular flexibility index (Phi) is 1.95. The van der Waals surface area contributed by atoms with Gasteiger partial charge in [-0.25, -0.2) is 0 Å². The summed E-state index contributed by atoms with van der Waals surface area (Å²) in [6, 6.07) is 0. The van der Waals surface area contributed by atoms with Crippen molar-refractivity contribution in [2.45, 2.75) is 0 Å². The SMILES string of the molecule is O=C(S)[C]1[CH][CH][CH][CH]1. The first-order chi connectivity index (χ1) is 3.80. The van der Waals surface area contributed by atoms with E-state index in [4.69, 9.17) is 0 Å². The first-order valence-corrected chi connectivity index (χ1v) is 2.70. The molecule has 0 atom stereocenters. The van der Waals surface area contributed by atoms with Gasteiger partial charge in [0.05, 0.1) is 5.92 Å². The van der Waals surface area contributed by atoms with Crippen molar-refractivity contribution in [2.75, 3.05) is 0 Å². The van der Waals surface area contributed by atoms with Crippen molar-refractivity contribution in [2.24, 2.45) is 0 Å². The first-order valence-electron chi connectivity index (χ1n) is 2.26. The van der Waals surface area contributed by atoms with Gasteiger partial charge in [0.25, 0.3) is 0 Å². The molecule has 0 N–H and O–H groups in total. The van der Waals surface area contributed by atoms with Gasteiger partial charge in [-0.05, 0) is 25.7 Å². The molecular weight excluding hydrogens is 120 g/mol. The Balaban J connectivity index is 2.35. The molecule has 0 spiro atoms. The zero-order chi connectivity index (χ0) is 5.98. The van der Waals surface area contributed by atoms with Gasteiger partial charge in [0.15, 0.2) is 5.12 Å². The van der Waals surface area contributed by atoms with Crippen molar-refractivity contribution >= 4 is 17.7 Å².